The van der Waals surface area contributed by atoms with Crippen LogP contribution in [0.25, 0.3) is 0 Å². The molecule has 1 atom stereocenters. The van der Waals surface area contributed by atoms with Gasteiger partial charge >= 0.3 is 0 Å². The molecule has 12 heavy (non-hydrogen) atoms. The second-order valence-corrected chi connectivity index (χ2v) is 4.02. The maximum atomic E-state index is 12.5. The lowest BCUT2D eigenvalue weighted by atomic mass is 10.3. The lowest BCUT2D eigenvalue weighted by Gasteiger charge is -2.02. The molecule has 0 aromatic heterocycles. The van der Waals surface area contributed by atoms with E-state index in [2.05, 4.69) is 0 Å². The largest absolute Gasteiger partial charge is 0.398 e. The molecule has 0 aliphatic carbocycles. The molecule has 1 unspecified atom stereocenters. The predicted octanol–water partition coefficient (Wildman–Crippen LogP) is 1.54. The average Bonchev–Trinajstić information content (AvgIpc) is 2.03. The molecule has 0 radical (unpaired) electrons. The molecule has 1 aromatic rings. The van der Waals surface area contributed by atoms with E-state index in [1.807, 2.05) is 0 Å². The molecular formula is C8H10FNOS. The third kappa shape index (κ3) is 1.82. The zero-order valence-corrected chi connectivity index (χ0v) is 7.53. The number of hydrogen-bond donors (Lipinski definition) is 1. The quantitative estimate of drug-likeness (QED) is 0.713. The molecular weight excluding hydrogens is 177 g/mol. The van der Waals surface area contributed by atoms with Gasteiger partial charge in [0.1, 0.15) is 5.82 Å². The van der Waals surface area contributed by atoms with Gasteiger partial charge in [0.25, 0.3) is 0 Å². The topological polar surface area (TPSA) is 43.1 Å². The number of nitrogen functional groups attached to an aromatic ring is 1. The number of rotatable bonds is 2. The van der Waals surface area contributed by atoms with E-state index in [1.165, 1.54) is 18.2 Å². The SMILES string of the molecule is CCS(=O)c1ccc(F)cc1N. The van der Waals surface area contributed by atoms with Crippen molar-refractivity contribution in [3.63, 3.8) is 0 Å². The molecule has 2 N–H and O–H groups in total. The first kappa shape index (κ1) is 9.19. The number of hydrogen-bond acceptors (Lipinski definition) is 2. The Balaban J connectivity index is 3.09. The van der Waals surface area contributed by atoms with Crippen LogP contribution in [0.5, 0.6) is 0 Å². The maximum Gasteiger partial charge on any atom is 0.125 e. The van der Waals surface area contributed by atoms with Crippen molar-refractivity contribution in [1.29, 1.82) is 0 Å². The number of benzene rings is 1. The highest BCUT2D eigenvalue weighted by atomic mass is 32.2. The summed E-state index contributed by atoms with van der Waals surface area (Å²) in [6, 6.07) is 3.91. The van der Waals surface area contributed by atoms with E-state index in [1.54, 1.807) is 6.92 Å². The van der Waals surface area contributed by atoms with Crippen molar-refractivity contribution in [2.45, 2.75) is 11.8 Å². The van der Waals surface area contributed by atoms with E-state index >= 15 is 0 Å². The second-order valence-electron chi connectivity index (χ2n) is 2.32. The van der Waals surface area contributed by atoms with Gasteiger partial charge in [-0.3, -0.25) is 4.21 Å². The summed E-state index contributed by atoms with van der Waals surface area (Å²) < 4.78 is 23.8. The summed E-state index contributed by atoms with van der Waals surface area (Å²) in [7, 11) is -1.10. The van der Waals surface area contributed by atoms with Crippen LogP contribution in [0.3, 0.4) is 0 Å². The Hall–Kier alpha value is -0.900. The van der Waals surface area contributed by atoms with Crippen molar-refractivity contribution in [1.82, 2.24) is 0 Å². The average molecular weight is 187 g/mol. The van der Waals surface area contributed by atoms with Crippen molar-refractivity contribution in [3.05, 3.63) is 24.0 Å². The molecule has 0 fully saturated rings. The van der Waals surface area contributed by atoms with Crippen molar-refractivity contribution in [2.24, 2.45) is 0 Å². The van der Waals surface area contributed by atoms with Gasteiger partial charge in [0.15, 0.2) is 0 Å². The van der Waals surface area contributed by atoms with Gasteiger partial charge in [-0.2, -0.15) is 0 Å². The van der Waals surface area contributed by atoms with Crippen LogP contribution >= 0.6 is 0 Å². The van der Waals surface area contributed by atoms with E-state index < -0.39 is 16.6 Å². The van der Waals surface area contributed by atoms with Gasteiger partial charge in [0.2, 0.25) is 0 Å². The number of anilines is 1. The smallest absolute Gasteiger partial charge is 0.125 e. The minimum Gasteiger partial charge on any atom is -0.398 e. The zero-order chi connectivity index (χ0) is 9.14. The van der Waals surface area contributed by atoms with Crippen LogP contribution in [0.2, 0.25) is 0 Å². The first-order valence-corrected chi connectivity index (χ1v) is 4.90. The van der Waals surface area contributed by atoms with E-state index in [0.29, 0.717) is 10.6 Å². The van der Waals surface area contributed by atoms with Gasteiger partial charge in [0, 0.05) is 5.75 Å². The molecule has 1 rings (SSSR count). The normalized spacial score (nSPS) is 12.8. The van der Waals surface area contributed by atoms with Crippen LogP contribution in [0, 0.1) is 5.82 Å². The van der Waals surface area contributed by atoms with Gasteiger partial charge in [-0.25, -0.2) is 4.39 Å². The van der Waals surface area contributed by atoms with Crippen molar-refractivity contribution in [2.75, 3.05) is 11.5 Å². The van der Waals surface area contributed by atoms with Gasteiger partial charge < -0.3 is 5.73 Å². The molecule has 66 valence electrons. The third-order valence-corrected chi connectivity index (χ3v) is 2.87. The Labute approximate surface area is 73.0 Å². The van der Waals surface area contributed by atoms with Gasteiger partial charge in [-0.1, -0.05) is 6.92 Å². The lowest BCUT2D eigenvalue weighted by molar-refractivity contribution is 0.627. The van der Waals surface area contributed by atoms with Gasteiger partial charge in [-0.15, -0.1) is 0 Å². The third-order valence-electron chi connectivity index (χ3n) is 1.48. The van der Waals surface area contributed by atoms with E-state index in [4.69, 9.17) is 5.73 Å². The fraction of sp³-hybridized carbons (Fsp3) is 0.250. The fourth-order valence-electron chi connectivity index (χ4n) is 0.882. The standard InChI is InChI=1S/C8H10FNOS/c1-2-12(11)8-4-3-6(9)5-7(8)10/h3-5H,2,10H2,1H3. The summed E-state index contributed by atoms with van der Waals surface area (Å²) in [6.45, 7) is 1.79. The maximum absolute atomic E-state index is 12.5. The first-order chi connectivity index (χ1) is 5.65. The van der Waals surface area contributed by atoms with Gasteiger partial charge in [-0.05, 0) is 18.2 Å². The highest BCUT2D eigenvalue weighted by molar-refractivity contribution is 7.85. The second kappa shape index (κ2) is 3.67. The minimum atomic E-state index is -1.10. The Bertz CT molecular complexity index is 314. The van der Waals surface area contributed by atoms with E-state index in [-0.39, 0.29) is 5.69 Å². The van der Waals surface area contributed by atoms with Crippen LogP contribution in [0.4, 0.5) is 10.1 Å². The summed E-state index contributed by atoms with van der Waals surface area (Å²) in [5.74, 6) is 0.0971. The van der Waals surface area contributed by atoms with Crippen LogP contribution in [0.1, 0.15) is 6.92 Å². The predicted molar refractivity (Wildman–Crippen MR) is 47.8 cm³/mol. The number of nitrogens with two attached hydrogens (primary N) is 1. The van der Waals surface area contributed by atoms with Gasteiger partial charge in [0.05, 0.1) is 21.4 Å². The molecule has 0 saturated carbocycles. The van der Waals surface area contributed by atoms with Crippen LogP contribution in [-0.4, -0.2) is 9.96 Å². The summed E-state index contributed by atoms with van der Waals surface area (Å²) >= 11 is 0. The van der Waals surface area contributed by atoms with Crippen LogP contribution in [0.15, 0.2) is 23.1 Å². The van der Waals surface area contributed by atoms with E-state index in [0.717, 1.165) is 0 Å². The van der Waals surface area contributed by atoms with Crippen molar-refractivity contribution < 1.29 is 8.60 Å². The molecule has 0 amide bonds. The molecule has 0 aliphatic heterocycles. The minimum absolute atomic E-state index is 0.259. The summed E-state index contributed by atoms with van der Waals surface area (Å²) in [5.41, 5.74) is 5.72. The lowest BCUT2D eigenvalue weighted by Crippen LogP contribution is -1.99. The van der Waals surface area contributed by atoms with E-state index in [9.17, 15) is 8.60 Å². The van der Waals surface area contributed by atoms with Crippen LogP contribution in [-0.2, 0) is 10.8 Å². The Morgan fingerprint density at radius 2 is 2.25 bits per heavy atom. The highest BCUT2D eigenvalue weighted by Crippen LogP contribution is 2.17. The molecule has 2 nitrogen and oxygen atoms in total. The molecule has 0 aliphatic rings. The molecule has 0 saturated heterocycles. The number of halogens is 1. The highest BCUT2D eigenvalue weighted by Gasteiger charge is 2.05. The van der Waals surface area contributed by atoms with Crippen molar-refractivity contribution in [3.8, 4) is 0 Å². The van der Waals surface area contributed by atoms with Crippen molar-refractivity contribution >= 4 is 16.5 Å². The Morgan fingerprint density at radius 3 is 2.75 bits per heavy atom. The summed E-state index contributed by atoms with van der Waals surface area (Å²) in [4.78, 5) is 0.513. The molecule has 4 heteroatoms. The Kier molecular flexibility index (Phi) is 2.81. The Morgan fingerprint density at radius 1 is 1.58 bits per heavy atom. The molecule has 0 spiro atoms. The molecule has 1 aromatic carbocycles. The monoisotopic (exact) mass is 187 g/mol. The summed E-state index contributed by atoms with van der Waals surface area (Å²) in [5, 5.41) is 0. The summed E-state index contributed by atoms with van der Waals surface area (Å²) in [6.07, 6.45) is 0. The first-order valence-electron chi connectivity index (χ1n) is 3.58. The zero-order valence-electron chi connectivity index (χ0n) is 6.71. The fourth-order valence-corrected chi connectivity index (χ4v) is 1.73. The molecule has 0 bridgehead atoms. The molecule has 0 heterocycles. The van der Waals surface area contributed by atoms with Crippen LogP contribution < -0.4 is 5.73 Å².